The van der Waals surface area contributed by atoms with Gasteiger partial charge in [0, 0.05) is 13.1 Å². The number of carbonyl (C=O) groups is 1. The quantitative estimate of drug-likeness (QED) is 0.714. The van der Waals surface area contributed by atoms with Crippen LogP contribution >= 0.6 is 0 Å². The Hall–Kier alpha value is -1.59. The maximum atomic E-state index is 11.0. The molecule has 2 rings (SSSR count). The summed E-state index contributed by atoms with van der Waals surface area (Å²) in [5, 5.41) is 12.5. The molecule has 1 aromatic rings. The van der Waals surface area contributed by atoms with Gasteiger partial charge >= 0.3 is 5.97 Å². The number of carboxylic acids is 1. The molecule has 0 saturated carbocycles. The van der Waals surface area contributed by atoms with Crippen molar-refractivity contribution in [2.75, 3.05) is 39.3 Å². The lowest BCUT2D eigenvalue weighted by molar-refractivity contribution is 0.0692. The number of hydrogen-bond donors (Lipinski definition) is 2. The standard InChI is InChI=1S/C16H24N2O3/c1-2-18-9-7-13(12-18)11-17-8-10-21-15-6-4-3-5-14(15)16(19)20/h3-6,13,17H,2,7-12H2,1H3,(H,19,20). The van der Waals surface area contributed by atoms with Gasteiger partial charge in [0.05, 0.1) is 0 Å². The van der Waals surface area contributed by atoms with Crippen LogP contribution in [0.4, 0.5) is 0 Å². The third kappa shape index (κ3) is 4.72. The van der Waals surface area contributed by atoms with Crippen molar-refractivity contribution in [2.24, 2.45) is 5.92 Å². The summed E-state index contributed by atoms with van der Waals surface area (Å²) in [5.74, 6) is 0.199. The van der Waals surface area contributed by atoms with Crippen LogP contribution in [0.2, 0.25) is 0 Å². The van der Waals surface area contributed by atoms with Crippen LogP contribution in [0.3, 0.4) is 0 Å². The first kappa shape index (κ1) is 15.8. The summed E-state index contributed by atoms with van der Waals surface area (Å²) >= 11 is 0. The third-order valence-electron chi connectivity index (χ3n) is 3.90. The number of benzene rings is 1. The molecule has 0 aliphatic carbocycles. The Bertz CT molecular complexity index is 465. The van der Waals surface area contributed by atoms with Gasteiger partial charge in [-0.25, -0.2) is 4.79 Å². The number of hydrogen-bond acceptors (Lipinski definition) is 4. The van der Waals surface area contributed by atoms with E-state index in [0.29, 0.717) is 12.4 Å². The van der Waals surface area contributed by atoms with E-state index in [1.165, 1.54) is 19.5 Å². The molecule has 1 aliphatic rings. The van der Waals surface area contributed by atoms with E-state index in [1.807, 2.05) is 0 Å². The van der Waals surface area contributed by atoms with E-state index in [-0.39, 0.29) is 5.56 Å². The Morgan fingerprint density at radius 1 is 1.48 bits per heavy atom. The Balaban J connectivity index is 1.65. The summed E-state index contributed by atoms with van der Waals surface area (Å²) in [7, 11) is 0. The third-order valence-corrected chi connectivity index (χ3v) is 3.90. The smallest absolute Gasteiger partial charge is 0.339 e. The minimum Gasteiger partial charge on any atom is -0.491 e. The van der Waals surface area contributed by atoms with Gasteiger partial charge in [0.1, 0.15) is 17.9 Å². The molecule has 1 aromatic carbocycles. The SMILES string of the molecule is CCN1CCC(CNCCOc2ccccc2C(=O)O)C1. The van der Waals surface area contributed by atoms with Crippen LogP contribution in [0.15, 0.2) is 24.3 Å². The van der Waals surface area contributed by atoms with Crippen LogP contribution in [0.1, 0.15) is 23.7 Å². The molecule has 1 aliphatic heterocycles. The fraction of sp³-hybridized carbons (Fsp3) is 0.562. The Kier molecular flexibility index (Phi) is 6.02. The maximum Gasteiger partial charge on any atom is 0.339 e. The van der Waals surface area contributed by atoms with E-state index in [4.69, 9.17) is 9.84 Å². The van der Waals surface area contributed by atoms with Crippen LogP contribution in [-0.4, -0.2) is 55.3 Å². The van der Waals surface area contributed by atoms with Crippen molar-refractivity contribution in [3.8, 4) is 5.75 Å². The highest BCUT2D eigenvalue weighted by atomic mass is 16.5. The van der Waals surface area contributed by atoms with Crippen LogP contribution in [0, 0.1) is 5.92 Å². The summed E-state index contributed by atoms with van der Waals surface area (Å²) < 4.78 is 5.55. The van der Waals surface area contributed by atoms with Gasteiger partial charge in [-0.05, 0) is 44.1 Å². The Morgan fingerprint density at radius 3 is 3.00 bits per heavy atom. The molecule has 1 heterocycles. The van der Waals surface area contributed by atoms with Crippen molar-refractivity contribution >= 4 is 5.97 Å². The lowest BCUT2D eigenvalue weighted by atomic mass is 10.1. The minimum atomic E-state index is -0.954. The number of aromatic carboxylic acids is 1. The maximum absolute atomic E-state index is 11.0. The highest BCUT2D eigenvalue weighted by Gasteiger charge is 2.20. The van der Waals surface area contributed by atoms with Gasteiger partial charge in [-0.2, -0.15) is 0 Å². The summed E-state index contributed by atoms with van der Waals surface area (Å²) in [6.45, 7) is 7.91. The average Bonchev–Trinajstić information content (AvgIpc) is 2.95. The Morgan fingerprint density at radius 2 is 2.29 bits per heavy atom. The molecule has 0 bridgehead atoms. The molecule has 1 saturated heterocycles. The zero-order valence-electron chi connectivity index (χ0n) is 12.5. The summed E-state index contributed by atoms with van der Waals surface area (Å²) in [6, 6.07) is 6.74. The highest BCUT2D eigenvalue weighted by molar-refractivity contribution is 5.90. The van der Waals surface area contributed by atoms with E-state index in [2.05, 4.69) is 17.1 Å². The topological polar surface area (TPSA) is 61.8 Å². The van der Waals surface area contributed by atoms with Crippen molar-refractivity contribution in [3.05, 3.63) is 29.8 Å². The normalized spacial score (nSPS) is 18.8. The molecule has 21 heavy (non-hydrogen) atoms. The molecule has 1 fully saturated rings. The zero-order valence-corrected chi connectivity index (χ0v) is 12.5. The van der Waals surface area contributed by atoms with E-state index in [1.54, 1.807) is 24.3 Å². The lowest BCUT2D eigenvalue weighted by Gasteiger charge is -2.14. The van der Waals surface area contributed by atoms with Gasteiger partial charge in [-0.3, -0.25) is 0 Å². The molecule has 5 nitrogen and oxygen atoms in total. The predicted molar refractivity (Wildman–Crippen MR) is 82.0 cm³/mol. The molecule has 1 unspecified atom stereocenters. The first-order valence-corrected chi connectivity index (χ1v) is 7.59. The van der Waals surface area contributed by atoms with Crippen molar-refractivity contribution in [1.82, 2.24) is 10.2 Å². The summed E-state index contributed by atoms with van der Waals surface area (Å²) in [6.07, 6.45) is 1.25. The van der Waals surface area contributed by atoms with Crippen LogP contribution in [-0.2, 0) is 0 Å². The average molecular weight is 292 g/mol. The minimum absolute atomic E-state index is 0.215. The van der Waals surface area contributed by atoms with Crippen LogP contribution < -0.4 is 10.1 Å². The summed E-state index contributed by atoms with van der Waals surface area (Å²) in [4.78, 5) is 13.5. The van der Waals surface area contributed by atoms with Crippen molar-refractivity contribution in [2.45, 2.75) is 13.3 Å². The van der Waals surface area contributed by atoms with E-state index in [0.717, 1.165) is 25.6 Å². The number of ether oxygens (including phenoxy) is 1. The molecule has 2 N–H and O–H groups in total. The molecule has 0 amide bonds. The molecule has 0 radical (unpaired) electrons. The van der Waals surface area contributed by atoms with Crippen molar-refractivity contribution in [3.63, 3.8) is 0 Å². The molecule has 0 spiro atoms. The molecule has 116 valence electrons. The molecule has 5 heteroatoms. The van der Waals surface area contributed by atoms with E-state index < -0.39 is 5.97 Å². The zero-order chi connectivity index (χ0) is 15.1. The van der Waals surface area contributed by atoms with Gasteiger partial charge in [0.15, 0.2) is 0 Å². The van der Waals surface area contributed by atoms with Crippen LogP contribution in [0.25, 0.3) is 0 Å². The second-order valence-electron chi connectivity index (χ2n) is 5.40. The monoisotopic (exact) mass is 292 g/mol. The lowest BCUT2D eigenvalue weighted by Crippen LogP contribution is -2.29. The molecule has 0 aromatic heterocycles. The van der Waals surface area contributed by atoms with Gasteiger partial charge in [-0.1, -0.05) is 19.1 Å². The van der Waals surface area contributed by atoms with Gasteiger partial charge < -0.3 is 20.1 Å². The number of nitrogens with one attached hydrogen (secondary N) is 1. The summed E-state index contributed by atoms with van der Waals surface area (Å²) in [5.41, 5.74) is 0.215. The van der Waals surface area contributed by atoms with E-state index >= 15 is 0 Å². The predicted octanol–water partition coefficient (Wildman–Crippen LogP) is 1.69. The first-order chi connectivity index (χ1) is 10.2. The molecule has 1 atom stereocenters. The fourth-order valence-electron chi connectivity index (χ4n) is 2.68. The largest absolute Gasteiger partial charge is 0.491 e. The van der Waals surface area contributed by atoms with Crippen molar-refractivity contribution < 1.29 is 14.6 Å². The fourth-order valence-corrected chi connectivity index (χ4v) is 2.68. The number of carboxylic acid groups (broad SMARTS) is 1. The Labute approximate surface area is 125 Å². The van der Waals surface area contributed by atoms with Gasteiger partial charge in [-0.15, -0.1) is 0 Å². The van der Waals surface area contributed by atoms with Gasteiger partial charge in [0.2, 0.25) is 0 Å². The van der Waals surface area contributed by atoms with Crippen LogP contribution in [0.5, 0.6) is 5.75 Å². The first-order valence-electron chi connectivity index (χ1n) is 7.59. The number of likely N-dealkylation sites (tertiary alicyclic amines) is 1. The second kappa shape index (κ2) is 8.00. The number of para-hydroxylation sites is 1. The van der Waals surface area contributed by atoms with Gasteiger partial charge in [0.25, 0.3) is 0 Å². The number of rotatable bonds is 8. The van der Waals surface area contributed by atoms with E-state index in [9.17, 15) is 4.79 Å². The number of nitrogens with zero attached hydrogens (tertiary/aromatic N) is 1. The second-order valence-corrected chi connectivity index (χ2v) is 5.40. The highest BCUT2D eigenvalue weighted by Crippen LogP contribution is 2.17. The molecular formula is C16H24N2O3. The molecular weight excluding hydrogens is 268 g/mol. The van der Waals surface area contributed by atoms with Crippen molar-refractivity contribution in [1.29, 1.82) is 0 Å².